The highest BCUT2D eigenvalue weighted by Crippen LogP contribution is 2.34. The number of phenolic OH excluding ortho intramolecular Hbond substituents is 1. The zero-order valence-electron chi connectivity index (χ0n) is 38.3. The number of benzene rings is 4. The van der Waals surface area contributed by atoms with Crippen LogP contribution in [0.15, 0.2) is 147 Å². The second-order valence-corrected chi connectivity index (χ2v) is 16.9. The van der Waals surface area contributed by atoms with E-state index in [1.165, 1.54) is 0 Å². The third kappa shape index (κ3) is 11.5. The van der Waals surface area contributed by atoms with E-state index >= 15 is 0 Å². The van der Waals surface area contributed by atoms with Crippen LogP contribution >= 0.6 is 0 Å². The molecule has 0 amide bonds. The van der Waals surface area contributed by atoms with E-state index in [0.717, 1.165) is 87.2 Å². The summed E-state index contributed by atoms with van der Waals surface area (Å²) in [5.41, 5.74) is 9.38. The Morgan fingerprint density at radius 1 is 0.938 bits per heavy atom. The summed E-state index contributed by atoms with van der Waals surface area (Å²) in [7, 11) is 1.97. The van der Waals surface area contributed by atoms with Gasteiger partial charge in [0.25, 0.3) is 0 Å². The van der Waals surface area contributed by atoms with Crippen LogP contribution in [0, 0.1) is 0 Å². The Morgan fingerprint density at radius 2 is 1.61 bits per heavy atom. The Labute approximate surface area is 377 Å². The Bertz CT molecular complexity index is 2630. The number of phenols is 1. The van der Waals surface area contributed by atoms with E-state index in [0.29, 0.717) is 23.8 Å². The van der Waals surface area contributed by atoms with Crippen LogP contribution in [-0.2, 0) is 11.2 Å². The number of aromatic nitrogens is 3. The van der Waals surface area contributed by atoms with Crippen molar-refractivity contribution in [2.45, 2.75) is 66.1 Å². The third-order valence-electron chi connectivity index (χ3n) is 10.8. The molecule has 334 valence electrons. The van der Waals surface area contributed by atoms with Gasteiger partial charge in [-0.2, -0.15) is 0 Å². The molecular formula is C52H62N8O4. The van der Waals surface area contributed by atoms with Crippen LogP contribution in [0.5, 0.6) is 11.5 Å². The maximum Gasteiger partial charge on any atom is 0.180 e. The minimum atomic E-state index is -0.894. The highest BCUT2D eigenvalue weighted by atomic mass is 16.5. The monoisotopic (exact) mass is 862 g/mol. The number of fused-ring (bicyclic) bond motifs is 2. The van der Waals surface area contributed by atoms with Crippen LogP contribution in [0.1, 0.15) is 71.6 Å². The van der Waals surface area contributed by atoms with Crippen LogP contribution in [0.2, 0.25) is 0 Å². The molecule has 0 radical (unpaired) electrons. The number of aliphatic hydroxyl groups is 2. The molecule has 0 saturated carbocycles. The molecule has 64 heavy (non-hydrogen) atoms. The van der Waals surface area contributed by atoms with Crippen molar-refractivity contribution < 1.29 is 20.1 Å². The molecule has 12 heteroatoms. The number of ether oxygens (including phenoxy) is 1. The topological polar surface area (TPSA) is 143 Å². The van der Waals surface area contributed by atoms with Crippen LogP contribution < -0.4 is 25.6 Å². The van der Waals surface area contributed by atoms with Crippen molar-refractivity contribution in [3.63, 3.8) is 0 Å². The molecule has 0 unspecified atom stereocenters. The number of aromatic hydroxyl groups is 1. The molecule has 0 saturated heterocycles. The highest BCUT2D eigenvalue weighted by molar-refractivity contribution is 5.76. The van der Waals surface area contributed by atoms with E-state index in [2.05, 4.69) is 60.1 Å². The first-order chi connectivity index (χ1) is 30.4. The number of rotatable bonds is 15. The van der Waals surface area contributed by atoms with Crippen LogP contribution in [0.25, 0.3) is 22.5 Å². The molecule has 0 spiro atoms. The Hall–Kier alpha value is -7.02. The summed E-state index contributed by atoms with van der Waals surface area (Å²) >= 11 is 0. The van der Waals surface area contributed by atoms with E-state index in [4.69, 9.17) is 9.72 Å². The average Bonchev–Trinajstić information content (AvgIpc) is 3.75. The molecule has 0 atom stereocenters. The lowest BCUT2D eigenvalue weighted by Crippen LogP contribution is -2.18. The van der Waals surface area contributed by atoms with Gasteiger partial charge in [-0.25, -0.2) is 9.97 Å². The SMILES string of the molecule is C=C(Nc1ccc(C(C)(C)O)cc1)C(=C)N(/C=C\C)/C=C(\C)c1ccc2c(c1)OCCN2.CCCN(C)c1cc(-c2cn3ccnc3c(Nc3ccc(C(C)(C)O)cc3)n2)ccc1O. The smallest absolute Gasteiger partial charge is 0.180 e. The molecule has 6 N–H and O–H groups in total. The lowest BCUT2D eigenvalue weighted by atomic mass is 9.98. The molecule has 1 aliphatic rings. The van der Waals surface area contributed by atoms with E-state index in [1.807, 2.05) is 126 Å². The van der Waals surface area contributed by atoms with E-state index in [-0.39, 0.29) is 5.75 Å². The minimum Gasteiger partial charge on any atom is -0.506 e. The summed E-state index contributed by atoms with van der Waals surface area (Å²) in [6.07, 6.45) is 12.5. The summed E-state index contributed by atoms with van der Waals surface area (Å²) in [5, 5.41) is 40.7. The van der Waals surface area contributed by atoms with Gasteiger partial charge < -0.3 is 50.2 Å². The summed E-state index contributed by atoms with van der Waals surface area (Å²) in [5.74, 6) is 1.75. The van der Waals surface area contributed by atoms with Gasteiger partial charge in [0, 0.05) is 68.1 Å². The van der Waals surface area contributed by atoms with Gasteiger partial charge >= 0.3 is 0 Å². The van der Waals surface area contributed by atoms with Crippen LogP contribution in [-0.4, -0.2) is 61.3 Å². The Kier molecular flexibility index (Phi) is 14.5. The third-order valence-corrected chi connectivity index (χ3v) is 10.8. The van der Waals surface area contributed by atoms with Gasteiger partial charge in [-0.15, -0.1) is 0 Å². The maximum atomic E-state index is 10.3. The Morgan fingerprint density at radius 3 is 2.25 bits per heavy atom. The van der Waals surface area contributed by atoms with Gasteiger partial charge in [-0.3, -0.25) is 0 Å². The van der Waals surface area contributed by atoms with Crippen molar-refractivity contribution in [3.05, 3.63) is 163 Å². The van der Waals surface area contributed by atoms with Gasteiger partial charge in [-0.05, 0) is 125 Å². The summed E-state index contributed by atoms with van der Waals surface area (Å²) in [6.45, 7) is 23.9. The first-order valence-electron chi connectivity index (χ1n) is 21.5. The molecule has 0 fully saturated rings. The van der Waals surface area contributed by atoms with Crippen LogP contribution in [0.3, 0.4) is 0 Å². The lowest BCUT2D eigenvalue weighted by Gasteiger charge is -2.24. The standard InChI is InChI=1S/C27H33N3O2.C25H29N5O2/c1-7-15-30(18-19(2)22-8-13-25-26(17-22)32-16-14-28-25)21(4)20(3)29-24-11-9-23(10-12-24)27(5,6)31;1-5-13-29(4)21-15-17(6-11-22(21)31)20-16-30-14-12-26-24(30)23(28-20)27-19-9-7-18(8-10-19)25(2,3)32/h7-13,15,17-18,28-29,31H,3-4,14,16H2,1-2,5-6H3;6-12,14-16,31-32H,5,13H2,1-4H3,(H,27,28)/b15-7-,19-18+;. The van der Waals surface area contributed by atoms with Crippen molar-refractivity contribution >= 4 is 39.8 Å². The summed E-state index contributed by atoms with van der Waals surface area (Å²) < 4.78 is 7.70. The summed E-state index contributed by atoms with van der Waals surface area (Å²) in [4.78, 5) is 13.3. The molecule has 1 aliphatic heterocycles. The van der Waals surface area contributed by atoms with E-state index < -0.39 is 11.2 Å². The quantitative estimate of drug-likeness (QED) is 0.0549. The minimum absolute atomic E-state index is 0.249. The predicted molar refractivity (Wildman–Crippen MR) is 263 cm³/mol. The molecule has 6 aromatic rings. The lowest BCUT2D eigenvalue weighted by molar-refractivity contribution is 0.0780. The van der Waals surface area contributed by atoms with E-state index in [1.54, 1.807) is 40.0 Å². The number of nitrogens with one attached hydrogen (secondary N) is 3. The number of anilines is 5. The largest absolute Gasteiger partial charge is 0.506 e. The zero-order valence-corrected chi connectivity index (χ0v) is 38.3. The molecule has 0 aliphatic carbocycles. The van der Waals surface area contributed by atoms with Gasteiger partial charge in [0.05, 0.1) is 39.7 Å². The van der Waals surface area contributed by atoms with Crippen molar-refractivity contribution in [1.29, 1.82) is 0 Å². The molecular weight excluding hydrogens is 801 g/mol. The average molecular weight is 863 g/mol. The second-order valence-electron chi connectivity index (χ2n) is 16.9. The first-order valence-corrected chi connectivity index (χ1v) is 21.5. The van der Waals surface area contributed by atoms with Gasteiger partial charge in [0.1, 0.15) is 18.1 Å². The first kappa shape index (κ1) is 46.5. The molecule has 3 heterocycles. The number of nitrogens with zero attached hydrogens (tertiary/aromatic N) is 5. The van der Waals surface area contributed by atoms with Crippen molar-refractivity contribution in [1.82, 2.24) is 19.3 Å². The van der Waals surface area contributed by atoms with Gasteiger partial charge in [0.15, 0.2) is 11.5 Å². The second kappa shape index (κ2) is 20.0. The van der Waals surface area contributed by atoms with Gasteiger partial charge in [0.2, 0.25) is 0 Å². The van der Waals surface area contributed by atoms with Crippen molar-refractivity contribution in [2.75, 3.05) is 47.6 Å². The van der Waals surface area contributed by atoms with Gasteiger partial charge in [-0.1, -0.05) is 56.5 Å². The number of imidazole rings is 1. The highest BCUT2D eigenvalue weighted by Gasteiger charge is 2.18. The fourth-order valence-corrected chi connectivity index (χ4v) is 7.10. The fraction of sp³-hybridized carbons (Fsp3) is 0.269. The van der Waals surface area contributed by atoms with Crippen LogP contribution in [0.4, 0.5) is 28.6 Å². The number of hydrogen-bond donors (Lipinski definition) is 6. The number of allylic oxidation sites excluding steroid dienone is 2. The molecule has 4 aromatic carbocycles. The Balaban J connectivity index is 0.000000213. The van der Waals surface area contributed by atoms with Crippen molar-refractivity contribution in [3.8, 4) is 22.8 Å². The molecule has 7 rings (SSSR count). The zero-order chi connectivity index (χ0) is 46.2. The van der Waals surface area contributed by atoms with E-state index in [9.17, 15) is 15.3 Å². The molecule has 12 nitrogen and oxygen atoms in total. The summed E-state index contributed by atoms with van der Waals surface area (Å²) in [6, 6.07) is 27.0. The number of hydrogen-bond acceptors (Lipinski definition) is 11. The fourth-order valence-electron chi connectivity index (χ4n) is 7.10. The van der Waals surface area contributed by atoms with Crippen molar-refractivity contribution in [2.24, 2.45) is 0 Å². The molecule has 0 bridgehead atoms. The molecule has 2 aromatic heterocycles. The maximum absolute atomic E-state index is 10.3. The normalized spacial score (nSPS) is 12.7. The predicted octanol–water partition coefficient (Wildman–Crippen LogP) is 11.0.